The SMILES string of the molecule is CCCCNC(=N)NC(=N)N.CCCCNC(=N)NC(=N)N.Cl.Cl.S. The van der Waals surface area contributed by atoms with Gasteiger partial charge in [0.15, 0.2) is 23.8 Å². The number of halogens is 2. The second-order valence-electron chi connectivity index (χ2n) is 4.39. The van der Waals surface area contributed by atoms with E-state index in [4.69, 9.17) is 33.1 Å². The zero-order chi connectivity index (χ0) is 17.4. The van der Waals surface area contributed by atoms with Gasteiger partial charge < -0.3 is 22.1 Å². The van der Waals surface area contributed by atoms with Gasteiger partial charge in [0.1, 0.15) is 0 Å². The van der Waals surface area contributed by atoms with Crippen LogP contribution in [0.2, 0.25) is 0 Å². The minimum absolute atomic E-state index is 0. The Labute approximate surface area is 169 Å². The van der Waals surface area contributed by atoms with E-state index in [1.165, 1.54) is 0 Å². The number of nitrogens with one attached hydrogen (secondary N) is 8. The van der Waals surface area contributed by atoms with E-state index in [-0.39, 0.29) is 62.1 Å². The molecule has 0 aliphatic carbocycles. The molecule has 0 heterocycles. The molecule has 0 saturated carbocycles. The molecular weight excluding hydrogens is 387 g/mol. The first-order chi connectivity index (χ1) is 10.3. The molecule has 0 bridgehead atoms. The Hall–Kier alpha value is -1.59. The van der Waals surface area contributed by atoms with Crippen LogP contribution in [0, 0.1) is 21.6 Å². The Morgan fingerprint density at radius 2 is 1.00 bits per heavy atom. The van der Waals surface area contributed by atoms with Crippen LogP contribution in [0.5, 0.6) is 0 Å². The Balaban J connectivity index is -0.0000000952. The van der Waals surface area contributed by atoms with Gasteiger partial charge in [-0.25, -0.2) is 0 Å². The van der Waals surface area contributed by atoms with Crippen LogP contribution < -0.4 is 32.7 Å². The highest BCUT2D eigenvalue weighted by Crippen LogP contribution is 1.81. The topological polar surface area (TPSA) is 196 Å². The molecule has 0 aliphatic heterocycles. The molecule has 0 spiro atoms. The molecule has 0 unspecified atom stereocenters. The van der Waals surface area contributed by atoms with Gasteiger partial charge in [-0.1, -0.05) is 26.7 Å². The van der Waals surface area contributed by atoms with Gasteiger partial charge in [0.2, 0.25) is 0 Å². The van der Waals surface area contributed by atoms with E-state index < -0.39 is 0 Å². The number of hydrogen-bond donors (Lipinski definition) is 10. The Morgan fingerprint density at radius 3 is 1.20 bits per heavy atom. The zero-order valence-corrected chi connectivity index (χ0v) is 17.3. The smallest absolute Gasteiger partial charge is 0.195 e. The van der Waals surface area contributed by atoms with Crippen molar-refractivity contribution in [1.29, 1.82) is 21.6 Å². The van der Waals surface area contributed by atoms with Gasteiger partial charge in [-0.15, -0.1) is 24.8 Å². The van der Waals surface area contributed by atoms with Crippen LogP contribution in [0.1, 0.15) is 39.5 Å². The summed E-state index contributed by atoms with van der Waals surface area (Å²) in [5, 5.41) is 38.1. The first-order valence-electron chi connectivity index (χ1n) is 7.20. The summed E-state index contributed by atoms with van der Waals surface area (Å²) in [6.45, 7) is 5.64. The lowest BCUT2D eigenvalue weighted by Gasteiger charge is -2.07. The maximum atomic E-state index is 7.15. The third-order valence-corrected chi connectivity index (χ3v) is 2.18. The van der Waals surface area contributed by atoms with Crippen LogP contribution in [0.4, 0.5) is 0 Å². The highest BCUT2D eigenvalue weighted by molar-refractivity contribution is 7.59. The molecule has 0 radical (unpaired) electrons. The van der Waals surface area contributed by atoms with Gasteiger partial charge in [-0.3, -0.25) is 32.3 Å². The third kappa shape index (κ3) is 34.7. The minimum Gasteiger partial charge on any atom is -0.370 e. The molecule has 0 aromatic rings. The number of unbranched alkanes of at least 4 members (excludes halogenated alkanes) is 2. The van der Waals surface area contributed by atoms with Crippen LogP contribution in [0.25, 0.3) is 0 Å². The Bertz CT molecular complexity index is 334. The molecule has 0 aromatic heterocycles. The quantitative estimate of drug-likeness (QED) is 0.169. The van der Waals surface area contributed by atoms with Gasteiger partial charge in [0, 0.05) is 13.1 Å². The summed E-state index contributed by atoms with van der Waals surface area (Å²) in [7, 11) is 0. The lowest BCUT2D eigenvalue weighted by atomic mass is 10.3. The molecule has 152 valence electrons. The predicted molar refractivity (Wildman–Crippen MR) is 116 cm³/mol. The summed E-state index contributed by atoms with van der Waals surface area (Å²) < 4.78 is 0. The average molecular weight is 421 g/mol. The van der Waals surface area contributed by atoms with Crippen molar-refractivity contribution in [2.45, 2.75) is 39.5 Å². The average Bonchev–Trinajstić information content (AvgIpc) is 2.38. The fourth-order valence-corrected chi connectivity index (χ4v) is 1.14. The van der Waals surface area contributed by atoms with Crippen molar-refractivity contribution in [3.8, 4) is 0 Å². The molecule has 25 heavy (non-hydrogen) atoms. The maximum Gasteiger partial charge on any atom is 0.195 e. The van der Waals surface area contributed by atoms with Crippen molar-refractivity contribution in [2.75, 3.05) is 13.1 Å². The summed E-state index contributed by atoms with van der Waals surface area (Å²) in [5.74, 6) is -0.241. The van der Waals surface area contributed by atoms with Gasteiger partial charge in [-0.2, -0.15) is 13.5 Å². The summed E-state index contributed by atoms with van der Waals surface area (Å²) in [4.78, 5) is 0. The zero-order valence-electron chi connectivity index (χ0n) is 14.7. The second-order valence-corrected chi connectivity index (χ2v) is 4.39. The first-order valence-corrected chi connectivity index (χ1v) is 7.20. The van der Waals surface area contributed by atoms with Crippen molar-refractivity contribution in [3.63, 3.8) is 0 Å². The fourth-order valence-electron chi connectivity index (χ4n) is 1.14. The van der Waals surface area contributed by atoms with Crippen LogP contribution >= 0.6 is 38.3 Å². The Kier molecular flexibility index (Phi) is 34.2. The molecule has 0 aromatic carbocycles. The van der Waals surface area contributed by atoms with E-state index in [1.807, 2.05) is 0 Å². The predicted octanol–water partition coefficient (Wildman–Crippen LogP) is 0.544. The van der Waals surface area contributed by atoms with Crippen LogP contribution in [0.15, 0.2) is 0 Å². The van der Waals surface area contributed by atoms with Gasteiger partial charge in [0.05, 0.1) is 0 Å². The molecule has 12 N–H and O–H groups in total. The number of rotatable bonds is 6. The highest BCUT2D eigenvalue weighted by atomic mass is 35.5. The summed E-state index contributed by atoms with van der Waals surface area (Å²) in [6, 6.07) is 0. The lowest BCUT2D eigenvalue weighted by molar-refractivity contribution is 0.744. The molecule has 0 atom stereocenters. The van der Waals surface area contributed by atoms with Crippen LogP contribution in [-0.4, -0.2) is 36.9 Å². The van der Waals surface area contributed by atoms with Crippen molar-refractivity contribution in [2.24, 2.45) is 11.5 Å². The summed E-state index contributed by atoms with van der Waals surface area (Å²) >= 11 is 0. The number of nitrogens with two attached hydrogens (primary N) is 2. The normalized spacial score (nSPS) is 7.76. The van der Waals surface area contributed by atoms with Crippen molar-refractivity contribution < 1.29 is 0 Å². The Morgan fingerprint density at radius 1 is 0.720 bits per heavy atom. The summed E-state index contributed by atoms with van der Waals surface area (Å²) in [5.41, 5.74) is 9.98. The molecule has 0 amide bonds. The molecule has 0 rings (SSSR count). The molecule has 0 fully saturated rings. The number of guanidine groups is 4. The van der Waals surface area contributed by atoms with Gasteiger partial charge >= 0.3 is 0 Å². The first kappa shape index (κ1) is 34.7. The molecule has 10 nitrogen and oxygen atoms in total. The lowest BCUT2D eigenvalue weighted by Crippen LogP contribution is -2.43. The van der Waals surface area contributed by atoms with Crippen molar-refractivity contribution in [3.05, 3.63) is 0 Å². The number of hydrogen-bond acceptors (Lipinski definition) is 4. The van der Waals surface area contributed by atoms with Crippen molar-refractivity contribution >= 4 is 62.1 Å². The maximum absolute atomic E-state index is 7.15. The third-order valence-electron chi connectivity index (χ3n) is 2.18. The molecule has 0 aliphatic rings. The van der Waals surface area contributed by atoms with E-state index in [2.05, 4.69) is 35.1 Å². The van der Waals surface area contributed by atoms with Crippen molar-refractivity contribution in [1.82, 2.24) is 21.3 Å². The van der Waals surface area contributed by atoms with E-state index in [1.54, 1.807) is 0 Å². The van der Waals surface area contributed by atoms with E-state index in [0.717, 1.165) is 38.8 Å². The summed E-state index contributed by atoms with van der Waals surface area (Å²) in [6.07, 6.45) is 4.20. The van der Waals surface area contributed by atoms with Gasteiger partial charge in [-0.05, 0) is 12.8 Å². The van der Waals surface area contributed by atoms with Crippen LogP contribution in [-0.2, 0) is 0 Å². The second kappa shape index (κ2) is 24.7. The standard InChI is InChI=1S/2C6H15N5.2ClH.H2S/c2*1-2-3-4-10-6(9)11-5(7)8;;;/h2*2-4H2,1H3,(H6,7,8,9,10,11);2*1H;1H2. The van der Waals surface area contributed by atoms with E-state index >= 15 is 0 Å². The minimum atomic E-state index is -0.209. The highest BCUT2D eigenvalue weighted by Gasteiger charge is 1.94. The monoisotopic (exact) mass is 420 g/mol. The van der Waals surface area contributed by atoms with E-state index in [0.29, 0.717) is 0 Å². The molecular formula is C12H34Cl2N10S. The molecule has 13 heteroatoms. The fraction of sp³-hybridized carbons (Fsp3) is 0.667. The van der Waals surface area contributed by atoms with Crippen LogP contribution in [0.3, 0.4) is 0 Å². The largest absolute Gasteiger partial charge is 0.370 e. The molecule has 0 saturated heterocycles. The van der Waals surface area contributed by atoms with E-state index in [9.17, 15) is 0 Å². The van der Waals surface area contributed by atoms with Gasteiger partial charge in [0.25, 0.3) is 0 Å².